The van der Waals surface area contributed by atoms with Gasteiger partial charge < -0.3 is 0 Å². The first-order valence-electron chi connectivity index (χ1n) is 7.10. The standard InChI is InChI=1S/C18H14N2O3/c1-3-15-11(2)8-12(10-21)16(19-15)9-20-17(22)13-6-4-5-7-14(13)18(20)23/h3-8,10H,1,9H2,2H3. The first-order chi connectivity index (χ1) is 11.1. The molecule has 0 aliphatic carbocycles. The number of hydrogen-bond acceptors (Lipinski definition) is 4. The van der Waals surface area contributed by atoms with Crippen LogP contribution in [0.5, 0.6) is 0 Å². The minimum absolute atomic E-state index is 0.0401. The van der Waals surface area contributed by atoms with Gasteiger partial charge in [0.2, 0.25) is 0 Å². The third-order valence-corrected chi connectivity index (χ3v) is 3.87. The third kappa shape index (κ3) is 2.36. The van der Waals surface area contributed by atoms with Crippen LogP contribution in [0.3, 0.4) is 0 Å². The average molecular weight is 306 g/mol. The van der Waals surface area contributed by atoms with Crippen molar-refractivity contribution >= 4 is 24.2 Å². The van der Waals surface area contributed by atoms with Crippen molar-refractivity contribution in [1.82, 2.24) is 9.88 Å². The van der Waals surface area contributed by atoms with E-state index in [-0.39, 0.29) is 18.4 Å². The van der Waals surface area contributed by atoms with E-state index in [2.05, 4.69) is 11.6 Å². The van der Waals surface area contributed by atoms with Gasteiger partial charge in [0, 0.05) is 5.56 Å². The quantitative estimate of drug-likeness (QED) is 0.643. The lowest BCUT2D eigenvalue weighted by Crippen LogP contribution is -2.30. The average Bonchev–Trinajstić information content (AvgIpc) is 2.81. The Morgan fingerprint density at radius 2 is 1.78 bits per heavy atom. The van der Waals surface area contributed by atoms with E-state index >= 15 is 0 Å². The Morgan fingerprint density at radius 1 is 1.17 bits per heavy atom. The number of pyridine rings is 1. The van der Waals surface area contributed by atoms with E-state index in [1.165, 1.54) is 0 Å². The molecular weight excluding hydrogens is 292 g/mol. The molecule has 0 saturated heterocycles. The summed E-state index contributed by atoms with van der Waals surface area (Å²) in [5.74, 6) is -0.741. The molecule has 2 amide bonds. The van der Waals surface area contributed by atoms with E-state index in [1.54, 1.807) is 36.4 Å². The normalized spacial score (nSPS) is 13.2. The largest absolute Gasteiger partial charge is 0.298 e. The van der Waals surface area contributed by atoms with Crippen LogP contribution in [0.15, 0.2) is 36.9 Å². The number of aldehydes is 1. The molecule has 0 radical (unpaired) electrons. The lowest BCUT2D eigenvalue weighted by molar-refractivity contribution is 0.0639. The molecule has 2 heterocycles. The number of carbonyl (C=O) groups is 3. The monoisotopic (exact) mass is 306 g/mol. The van der Waals surface area contributed by atoms with Gasteiger partial charge in [-0.1, -0.05) is 18.7 Å². The zero-order chi connectivity index (χ0) is 16.6. The number of aromatic nitrogens is 1. The summed E-state index contributed by atoms with van der Waals surface area (Å²) in [4.78, 5) is 41.6. The lowest BCUT2D eigenvalue weighted by Gasteiger charge is -2.15. The minimum atomic E-state index is -0.370. The predicted octanol–water partition coefficient (Wildman–Crippen LogP) is 2.64. The summed E-state index contributed by atoms with van der Waals surface area (Å²) < 4.78 is 0. The van der Waals surface area contributed by atoms with Crippen LogP contribution in [0, 0.1) is 6.92 Å². The second kappa shape index (κ2) is 5.61. The second-order valence-electron chi connectivity index (χ2n) is 5.29. The molecule has 1 aromatic heterocycles. The van der Waals surface area contributed by atoms with Crippen molar-refractivity contribution in [2.24, 2.45) is 0 Å². The molecule has 0 N–H and O–H groups in total. The zero-order valence-corrected chi connectivity index (χ0v) is 12.6. The minimum Gasteiger partial charge on any atom is -0.298 e. The van der Waals surface area contributed by atoms with Gasteiger partial charge in [0.05, 0.1) is 29.1 Å². The third-order valence-electron chi connectivity index (χ3n) is 3.87. The topological polar surface area (TPSA) is 67.3 Å². The number of imide groups is 1. The molecule has 0 spiro atoms. The Labute approximate surface area is 133 Å². The molecule has 0 fully saturated rings. The van der Waals surface area contributed by atoms with Crippen LogP contribution in [0.1, 0.15) is 48.0 Å². The summed E-state index contributed by atoms with van der Waals surface area (Å²) in [5, 5.41) is 0. The number of rotatable bonds is 4. The zero-order valence-electron chi connectivity index (χ0n) is 12.6. The van der Waals surface area contributed by atoms with Gasteiger partial charge in [-0.3, -0.25) is 24.3 Å². The number of carbonyl (C=O) groups excluding carboxylic acids is 3. The number of hydrogen-bond donors (Lipinski definition) is 0. The van der Waals surface area contributed by atoms with Gasteiger partial charge in [-0.2, -0.15) is 0 Å². The van der Waals surface area contributed by atoms with Crippen molar-refractivity contribution in [2.75, 3.05) is 0 Å². The fourth-order valence-electron chi connectivity index (χ4n) is 2.66. The number of amides is 2. The first kappa shape index (κ1) is 14.8. The molecule has 23 heavy (non-hydrogen) atoms. The predicted molar refractivity (Wildman–Crippen MR) is 85.1 cm³/mol. The molecule has 2 aromatic rings. The van der Waals surface area contributed by atoms with Crippen molar-refractivity contribution < 1.29 is 14.4 Å². The molecule has 0 atom stereocenters. The van der Waals surface area contributed by atoms with Crippen LogP contribution in [0.4, 0.5) is 0 Å². The van der Waals surface area contributed by atoms with Gasteiger partial charge in [-0.15, -0.1) is 0 Å². The molecule has 5 heteroatoms. The molecule has 1 aliphatic rings. The summed E-state index contributed by atoms with van der Waals surface area (Å²) in [6.45, 7) is 5.47. The SMILES string of the molecule is C=Cc1nc(CN2C(=O)c3ccccc3C2=O)c(C=O)cc1C. The second-order valence-corrected chi connectivity index (χ2v) is 5.29. The number of aryl methyl sites for hydroxylation is 1. The van der Waals surface area contributed by atoms with Crippen molar-refractivity contribution in [3.8, 4) is 0 Å². The fraction of sp³-hybridized carbons (Fsp3) is 0.111. The number of benzene rings is 1. The Balaban J connectivity index is 2.01. The van der Waals surface area contributed by atoms with Gasteiger partial charge in [-0.25, -0.2) is 0 Å². The smallest absolute Gasteiger partial charge is 0.261 e. The molecular formula is C18H14N2O3. The van der Waals surface area contributed by atoms with Gasteiger partial charge in [0.25, 0.3) is 11.8 Å². The van der Waals surface area contributed by atoms with E-state index in [1.807, 2.05) is 6.92 Å². The van der Waals surface area contributed by atoms with Crippen LogP contribution in [0.2, 0.25) is 0 Å². The summed E-state index contributed by atoms with van der Waals surface area (Å²) in [7, 11) is 0. The summed E-state index contributed by atoms with van der Waals surface area (Å²) in [6, 6.07) is 8.35. The maximum Gasteiger partial charge on any atom is 0.261 e. The molecule has 3 rings (SSSR count). The molecule has 0 unspecified atom stereocenters. The van der Waals surface area contributed by atoms with Crippen molar-refractivity contribution in [3.05, 3.63) is 70.6 Å². The van der Waals surface area contributed by atoms with Crippen LogP contribution in [0.25, 0.3) is 6.08 Å². The molecule has 114 valence electrons. The van der Waals surface area contributed by atoms with Crippen LogP contribution >= 0.6 is 0 Å². The molecule has 0 saturated carbocycles. The molecule has 1 aromatic carbocycles. The Hall–Kier alpha value is -3.08. The highest BCUT2D eigenvalue weighted by Crippen LogP contribution is 2.25. The first-order valence-corrected chi connectivity index (χ1v) is 7.10. The highest BCUT2D eigenvalue weighted by Gasteiger charge is 2.35. The summed E-state index contributed by atoms with van der Waals surface area (Å²) in [6.07, 6.45) is 2.26. The Bertz CT molecular complexity index is 820. The van der Waals surface area contributed by atoms with E-state index < -0.39 is 0 Å². The van der Waals surface area contributed by atoms with Gasteiger partial charge in [-0.05, 0) is 36.8 Å². The van der Waals surface area contributed by atoms with Gasteiger partial charge >= 0.3 is 0 Å². The van der Waals surface area contributed by atoms with Crippen molar-refractivity contribution in [2.45, 2.75) is 13.5 Å². The summed E-state index contributed by atoms with van der Waals surface area (Å²) in [5.41, 5.74) is 2.94. The maximum atomic E-state index is 12.4. The number of fused-ring (bicyclic) bond motifs is 1. The van der Waals surface area contributed by atoms with E-state index in [0.29, 0.717) is 34.4 Å². The van der Waals surface area contributed by atoms with E-state index in [9.17, 15) is 14.4 Å². The fourth-order valence-corrected chi connectivity index (χ4v) is 2.66. The molecule has 5 nitrogen and oxygen atoms in total. The molecule has 1 aliphatic heterocycles. The van der Waals surface area contributed by atoms with Gasteiger partial charge in [0.15, 0.2) is 6.29 Å². The van der Waals surface area contributed by atoms with Gasteiger partial charge in [0.1, 0.15) is 0 Å². The number of nitrogens with zero attached hydrogens (tertiary/aromatic N) is 2. The van der Waals surface area contributed by atoms with Crippen LogP contribution in [-0.2, 0) is 6.54 Å². The summed E-state index contributed by atoms with van der Waals surface area (Å²) >= 11 is 0. The van der Waals surface area contributed by atoms with E-state index in [0.717, 1.165) is 10.5 Å². The molecule has 0 bridgehead atoms. The Kier molecular flexibility index (Phi) is 3.62. The van der Waals surface area contributed by atoms with E-state index in [4.69, 9.17) is 0 Å². The maximum absolute atomic E-state index is 12.4. The van der Waals surface area contributed by atoms with Crippen LogP contribution in [-0.4, -0.2) is 28.0 Å². The highest BCUT2D eigenvalue weighted by atomic mass is 16.2. The van der Waals surface area contributed by atoms with Crippen molar-refractivity contribution in [3.63, 3.8) is 0 Å². The Morgan fingerprint density at radius 3 is 2.30 bits per heavy atom. The van der Waals surface area contributed by atoms with Crippen LogP contribution < -0.4 is 0 Å². The highest BCUT2D eigenvalue weighted by molar-refractivity contribution is 6.21. The van der Waals surface area contributed by atoms with Crippen molar-refractivity contribution in [1.29, 1.82) is 0 Å². The lowest BCUT2D eigenvalue weighted by atomic mass is 10.1.